The predicted molar refractivity (Wildman–Crippen MR) is 118 cm³/mol. The smallest absolute Gasteiger partial charge is 0.251 e. The third-order valence-corrected chi connectivity index (χ3v) is 8.50. The van der Waals surface area contributed by atoms with Gasteiger partial charge in [0.05, 0.1) is 0 Å². The molecule has 0 aromatic heterocycles. The number of benzene rings is 1. The van der Waals surface area contributed by atoms with Crippen LogP contribution in [0.4, 0.5) is 0 Å². The molecule has 1 aromatic carbocycles. The van der Waals surface area contributed by atoms with Crippen molar-refractivity contribution in [2.24, 2.45) is 23.7 Å². The number of likely N-dealkylation sites (tertiary alicyclic amines) is 1. The van der Waals surface area contributed by atoms with Crippen LogP contribution in [0.1, 0.15) is 74.6 Å². The van der Waals surface area contributed by atoms with Crippen LogP contribution in [0.3, 0.4) is 0 Å². The molecule has 7 rings (SSSR count). The summed E-state index contributed by atoms with van der Waals surface area (Å²) in [7, 11) is 0. The Labute approximate surface area is 184 Å². The Hall–Kier alpha value is -2.04. The Morgan fingerprint density at radius 3 is 2.19 bits per heavy atom. The molecule has 4 bridgehead atoms. The second kappa shape index (κ2) is 7.53. The highest BCUT2D eigenvalue weighted by Crippen LogP contribution is 2.55. The van der Waals surface area contributed by atoms with Crippen LogP contribution in [0.15, 0.2) is 24.3 Å². The Balaban J connectivity index is 1.07. The molecule has 1 saturated heterocycles. The van der Waals surface area contributed by atoms with E-state index in [1.165, 1.54) is 38.5 Å². The summed E-state index contributed by atoms with van der Waals surface area (Å²) in [6, 6.07) is 7.68. The Morgan fingerprint density at radius 1 is 0.935 bits per heavy atom. The third kappa shape index (κ3) is 3.96. The lowest BCUT2D eigenvalue weighted by atomic mass is 9.53. The van der Waals surface area contributed by atoms with Crippen molar-refractivity contribution in [3.63, 3.8) is 0 Å². The van der Waals surface area contributed by atoms with E-state index in [0.717, 1.165) is 62.3 Å². The van der Waals surface area contributed by atoms with Gasteiger partial charge >= 0.3 is 0 Å². The average Bonchev–Trinajstić information content (AvgIpc) is 3.58. The summed E-state index contributed by atoms with van der Waals surface area (Å²) in [5.74, 6) is 3.91. The van der Waals surface area contributed by atoms with Gasteiger partial charge in [0.2, 0.25) is 5.91 Å². The van der Waals surface area contributed by atoms with Crippen molar-refractivity contribution < 1.29 is 14.3 Å². The number of hydrogen-bond donors (Lipinski definition) is 1. The zero-order valence-corrected chi connectivity index (χ0v) is 18.4. The van der Waals surface area contributed by atoms with Crippen molar-refractivity contribution in [3.05, 3.63) is 29.8 Å². The van der Waals surface area contributed by atoms with Crippen molar-refractivity contribution in [2.45, 2.75) is 75.9 Å². The molecule has 1 aromatic rings. The molecule has 2 amide bonds. The van der Waals surface area contributed by atoms with Crippen molar-refractivity contribution in [2.75, 3.05) is 13.1 Å². The quantitative estimate of drug-likeness (QED) is 0.775. The maximum absolute atomic E-state index is 13.2. The molecule has 5 nitrogen and oxygen atoms in total. The molecular formula is C26H34N2O3. The number of nitrogens with zero attached hydrogens (tertiary/aromatic N) is 1. The maximum Gasteiger partial charge on any atom is 0.251 e. The van der Waals surface area contributed by atoms with Gasteiger partial charge in [-0.1, -0.05) is 6.07 Å². The van der Waals surface area contributed by atoms with Crippen LogP contribution < -0.4 is 10.1 Å². The van der Waals surface area contributed by atoms with E-state index in [4.69, 9.17) is 4.74 Å². The number of carbonyl (C=O) groups is 2. The van der Waals surface area contributed by atoms with Gasteiger partial charge < -0.3 is 15.0 Å². The predicted octanol–water partition coefficient (Wildman–Crippen LogP) is 4.17. The van der Waals surface area contributed by atoms with Gasteiger partial charge in [0.15, 0.2) is 0 Å². The molecule has 1 N–H and O–H groups in total. The molecule has 0 spiro atoms. The van der Waals surface area contributed by atoms with E-state index < -0.39 is 0 Å². The van der Waals surface area contributed by atoms with Crippen LogP contribution >= 0.6 is 0 Å². The topological polar surface area (TPSA) is 58.6 Å². The monoisotopic (exact) mass is 422 g/mol. The molecular weight excluding hydrogens is 388 g/mol. The van der Waals surface area contributed by atoms with Gasteiger partial charge in [-0.05, 0) is 87.3 Å². The minimum absolute atomic E-state index is 0.0314. The highest BCUT2D eigenvalue weighted by Gasteiger charge is 2.51. The first-order valence-corrected chi connectivity index (χ1v) is 12.4. The van der Waals surface area contributed by atoms with Crippen LogP contribution in [-0.2, 0) is 4.79 Å². The fourth-order valence-electron chi connectivity index (χ4n) is 7.26. The van der Waals surface area contributed by atoms with E-state index in [0.29, 0.717) is 17.4 Å². The molecule has 5 aliphatic carbocycles. The van der Waals surface area contributed by atoms with Crippen LogP contribution in [0.25, 0.3) is 0 Å². The summed E-state index contributed by atoms with van der Waals surface area (Å²) >= 11 is 0. The number of amides is 2. The van der Waals surface area contributed by atoms with Gasteiger partial charge in [-0.15, -0.1) is 0 Å². The molecule has 1 heterocycles. The lowest BCUT2D eigenvalue weighted by Gasteiger charge is -2.56. The van der Waals surface area contributed by atoms with Gasteiger partial charge in [0, 0.05) is 43.0 Å². The van der Waals surface area contributed by atoms with Crippen LogP contribution in [0.2, 0.25) is 0 Å². The van der Waals surface area contributed by atoms with Crippen molar-refractivity contribution in [1.82, 2.24) is 10.2 Å². The van der Waals surface area contributed by atoms with Crippen LogP contribution in [0, 0.1) is 23.7 Å². The third-order valence-electron chi connectivity index (χ3n) is 8.50. The maximum atomic E-state index is 13.2. The molecule has 5 saturated carbocycles. The fourth-order valence-corrected chi connectivity index (χ4v) is 7.26. The number of hydrogen-bond acceptors (Lipinski definition) is 3. The molecule has 1 aliphatic heterocycles. The summed E-state index contributed by atoms with van der Waals surface area (Å²) in [6.45, 7) is 1.57. The van der Waals surface area contributed by atoms with E-state index in [1.807, 2.05) is 29.2 Å². The molecule has 0 radical (unpaired) electrons. The highest BCUT2D eigenvalue weighted by molar-refractivity contribution is 5.95. The van der Waals surface area contributed by atoms with Gasteiger partial charge in [-0.3, -0.25) is 9.59 Å². The number of nitrogens with one attached hydrogen (secondary N) is 1. The van der Waals surface area contributed by atoms with Gasteiger partial charge in [0.1, 0.15) is 11.9 Å². The summed E-state index contributed by atoms with van der Waals surface area (Å²) in [5.41, 5.74) is 0.735. The number of rotatable bonds is 5. The first kappa shape index (κ1) is 19.6. The van der Waals surface area contributed by atoms with Crippen molar-refractivity contribution in [3.8, 4) is 5.75 Å². The SMILES string of the molecule is O=C(NC12CC3CC(CC(C3)C1)C2)c1cccc(OC2CCN(C(=O)C3CC3)CC2)c1. The molecule has 0 atom stereocenters. The second-order valence-electron chi connectivity index (χ2n) is 11.1. The Bertz CT molecular complexity index is 834. The van der Waals surface area contributed by atoms with Gasteiger partial charge in [0.25, 0.3) is 5.91 Å². The molecule has 6 aliphatic rings. The average molecular weight is 423 g/mol. The first-order valence-electron chi connectivity index (χ1n) is 12.4. The Morgan fingerprint density at radius 2 is 1.58 bits per heavy atom. The van der Waals surface area contributed by atoms with Crippen LogP contribution in [0.5, 0.6) is 5.75 Å². The van der Waals surface area contributed by atoms with Gasteiger partial charge in [-0.25, -0.2) is 0 Å². The second-order valence-corrected chi connectivity index (χ2v) is 11.1. The number of piperidine rings is 1. The lowest BCUT2D eigenvalue weighted by Crippen LogP contribution is -2.59. The summed E-state index contributed by atoms with van der Waals surface area (Å²) in [4.78, 5) is 27.4. The summed E-state index contributed by atoms with van der Waals surface area (Å²) < 4.78 is 6.23. The minimum Gasteiger partial charge on any atom is -0.490 e. The van der Waals surface area contributed by atoms with Crippen molar-refractivity contribution in [1.29, 1.82) is 0 Å². The highest BCUT2D eigenvalue weighted by atomic mass is 16.5. The van der Waals surface area contributed by atoms with E-state index in [-0.39, 0.29) is 17.6 Å². The van der Waals surface area contributed by atoms with Crippen LogP contribution in [-0.4, -0.2) is 41.4 Å². The summed E-state index contributed by atoms with van der Waals surface area (Å²) in [6.07, 6.45) is 11.6. The largest absolute Gasteiger partial charge is 0.490 e. The van der Waals surface area contributed by atoms with E-state index in [1.54, 1.807) is 0 Å². The zero-order valence-electron chi connectivity index (χ0n) is 18.4. The first-order chi connectivity index (χ1) is 15.1. The molecule has 6 fully saturated rings. The van der Waals surface area contributed by atoms with E-state index in [9.17, 15) is 9.59 Å². The normalized spacial score (nSPS) is 34.6. The van der Waals surface area contributed by atoms with Crippen molar-refractivity contribution >= 4 is 11.8 Å². The Kier molecular flexibility index (Phi) is 4.77. The number of ether oxygens (including phenoxy) is 1. The minimum atomic E-state index is 0.0314. The molecule has 5 heteroatoms. The summed E-state index contributed by atoms with van der Waals surface area (Å²) in [5, 5.41) is 3.47. The van der Waals surface area contributed by atoms with E-state index >= 15 is 0 Å². The standard InChI is InChI=1S/C26H34N2O3/c29-24(27-26-14-17-10-18(15-26)12-19(11-17)16-26)21-2-1-3-23(13-21)31-22-6-8-28(9-7-22)25(30)20-4-5-20/h1-3,13,17-20,22H,4-12,14-16H2,(H,27,29). The number of carbonyl (C=O) groups excluding carboxylic acids is 2. The van der Waals surface area contributed by atoms with Gasteiger partial charge in [-0.2, -0.15) is 0 Å². The fraction of sp³-hybridized carbons (Fsp3) is 0.692. The lowest BCUT2D eigenvalue weighted by molar-refractivity contribution is -0.134. The van der Waals surface area contributed by atoms with E-state index in [2.05, 4.69) is 5.32 Å². The zero-order chi connectivity index (χ0) is 21.0. The molecule has 0 unspecified atom stereocenters. The molecule has 166 valence electrons. The molecule has 31 heavy (non-hydrogen) atoms.